The summed E-state index contributed by atoms with van der Waals surface area (Å²) < 4.78 is 6.42. The molecule has 92 valence electrons. The van der Waals surface area contributed by atoms with Crippen LogP contribution in [0.4, 0.5) is 5.69 Å². The molecule has 5 heteroatoms. The van der Waals surface area contributed by atoms with Gasteiger partial charge in [0.2, 0.25) is 5.91 Å². The van der Waals surface area contributed by atoms with Crippen LogP contribution in [0.25, 0.3) is 0 Å². The van der Waals surface area contributed by atoms with Crippen molar-refractivity contribution in [1.82, 2.24) is 0 Å². The number of hydrogen-bond acceptors (Lipinski definition) is 2. The maximum Gasteiger partial charge on any atom is 0.229 e. The van der Waals surface area contributed by atoms with Crippen LogP contribution in [0.3, 0.4) is 0 Å². The number of amides is 1. The Morgan fingerprint density at radius 3 is 2.94 bits per heavy atom. The highest BCUT2D eigenvalue weighted by Gasteiger charge is 2.28. The molecule has 2 unspecified atom stereocenters. The summed E-state index contributed by atoms with van der Waals surface area (Å²) in [6.45, 7) is 2.47. The summed E-state index contributed by atoms with van der Waals surface area (Å²) in [5.41, 5.74) is 0.664. The Hall–Kier alpha value is -0.330. The van der Waals surface area contributed by atoms with Gasteiger partial charge in [0.05, 0.1) is 29.3 Å². The molecule has 1 amide bonds. The van der Waals surface area contributed by atoms with Gasteiger partial charge in [0.15, 0.2) is 0 Å². The molecular weight excluding hydrogens is 352 g/mol. The third-order valence-electron chi connectivity index (χ3n) is 2.76. The molecule has 1 aliphatic rings. The third kappa shape index (κ3) is 3.33. The first-order chi connectivity index (χ1) is 8.06. The molecule has 1 aromatic carbocycles. The van der Waals surface area contributed by atoms with Crippen molar-refractivity contribution >= 4 is 45.8 Å². The van der Waals surface area contributed by atoms with Gasteiger partial charge < -0.3 is 10.1 Å². The summed E-state index contributed by atoms with van der Waals surface area (Å²) in [6, 6.07) is 5.56. The first-order valence-corrected chi connectivity index (χ1v) is 6.89. The highest BCUT2D eigenvalue weighted by atomic mass is 127. The van der Waals surface area contributed by atoms with Crippen LogP contribution in [0.15, 0.2) is 18.2 Å². The number of benzene rings is 1. The molecule has 3 nitrogen and oxygen atoms in total. The van der Waals surface area contributed by atoms with E-state index in [-0.39, 0.29) is 17.9 Å². The maximum absolute atomic E-state index is 11.9. The van der Waals surface area contributed by atoms with E-state index < -0.39 is 0 Å². The van der Waals surface area contributed by atoms with Crippen LogP contribution in [0.2, 0.25) is 5.02 Å². The predicted octanol–water partition coefficient (Wildman–Crippen LogP) is 3.31. The molecule has 0 spiro atoms. The summed E-state index contributed by atoms with van der Waals surface area (Å²) in [7, 11) is 0. The lowest BCUT2D eigenvalue weighted by molar-refractivity contribution is -0.119. The zero-order valence-corrected chi connectivity index (χ0v) is 12.3. The SMILES string of the molecule is CC1CC(C(=O)Nc2ccc(I)cc2Cl)CO1. The summed E-state index contributed by atoms with van der Waals surface area (Å²) >= 11 is 8.24. The van der Waals surface area contributed by atoms with Gasteiger partial charge in [0, 0.05) is 3.57 Å². The lowest BCUT2D eigenvalue weighted by Crippen LogP contribution is -2.23. The molecule has 17 heavy (non-hydrogen) atoms. The largest absolute Gasteiger partial charge is 0.378 e. The Balaban J connectivity index is 2.03. The van der Waals surface area contributed by atoms with Crippen molar-refractivity contribution < 1.29 is 9.53 Å². The predicted molar refractivity (Wildman–Crippen MR) is 76.3 cm³/mol. The van der Waals surface area contributed by atoms with Crippen LogP contribution in [0, 0.1) is 9.49 Å². The Bertz CT molecular complexity index is 439. The van der Waals surface area contributed by atoms with Crippen molar-refractivity contribution in [2.45, 2.75) is 19.4 Å². The van der Waals surface area contributed by atoms with E-state index in [9.17, 15) is 4.79 Å². The van der Waals surface area contributed by atoms with E-state index in [4.69, 9.17) is 16.3 Å². The van der Waals surface area contributed by atoms with Gasteiger partial charge in [-0.15, -0.1) is 0 Å². The number of ether oxygens (including phenoxy) is 1. The topological polar surface area (TPSA) is 38.3 Å². The molecule has 1 N–H and O–H groups in total. The van der Waals surface area contributed by atoms with Gasteiger partial charge in [-0.3, -0.25) is 4.79 Å². The van der Waals surface area contributed by atoms with Gasteiger partial charge >= 0.3 is 0 Å². The van der Waals surface area contributed by atoms with Crippen LogP contribution in [0.1, 0.15) is 13.3 Å². The molecule has 2 atom stereocenters. The number of carbonyl (C=O) groups is 1. The number of rotatable bonds is 2. The molecule has 1 heterocycles. The van der Waals surface area contributed by atoms with Crippen LogP contribution in [-0.2, 0) is 9.53 Å². The minimum atomic E-state index is -0.0691. The highest BCUT2D eigenvalue weighted by molar-refractivity contribution is 14.1. The van der Waals surface area contributed by atoms with E-state index in [1.54, 1.807) is 0 Å². The van der Waals surface area contributed by atoms with Crippen LogP contribution in [0.5, 0.6) is 0 Å². The van der Waals surface area contributed by atoms with Crippen molar-refractivity contribution in [3.05, 3.63) is 26.8 Å². The van der Waals surface area contributed by atoms with Crippen molar-refractivity contribution in [2.24, 2.45) is 5.92 Å². The zero-order valence-electron chi connectivity index (χ0n) is 9.37. The van der Waals surface area contributed by atoms with E-state index in [1.807, 2.05) is 25.1 Å². The number of halogens is 2. The smallest absolute Gasteiger partial charge is 0.229 e. The quantitative estimate of drug-likeness (QED) is 0.817. The first-order valence-electron chi connectivity index (χ1n) is 5.44. The van der Waals surface area contributed by atoms with Gasteiger partial charge in [-0.05, 0) is 54.1 Å². The average Bonchev–Trinajstić information content (AvgIpc) is 2.69. The lowest BCUT2D eigenvalue weighted by Gasteiger charge is -2.10. The lowest BCUT2D eigenvalue weighted by atomic mass is 10.1. The molecule has 2 rings (SSSR count). The number of hydrogen-bond donors (Lipinski definition) is 1. The third-order valence-corrected chi connectivity index (χ3v) is 3.74. The number of anilines is 1. The first kappa shape index (κ1) is 13.1. The molecule has 1 fully saturated rings. The summed E-state index contributed by atoms with van der Waals surface area (Å²) in [5.74, 6) is -0.0854. The fourth-order valence-electron chi connectivity index (χ4n) is 1.83. The highest BCUT2D eigenvalue weighted by Crippen LogP contribution is 2.26. The molecule has 1 aromatic rings. The van der Waals surface area contributed by atoms with Crippen LogP contribution in [-0.4, -0.2) is 18.6 Å². The van der Waals surface area contributed by atoms with E-state index in [1.165, 1.54) is 0 Å². The van der Waals surface area contributed by atoms with Gasteiger partial charge in [-0.1, -0.05) is 11.6 Å². The second-order valence-corrected chi connectivity index (χ2v) is 5.84. The second kappa shape index (κ2) is 5.54. The summed E-state index contributed by atoms with van der Waals surface area (Å²) in [4.78, 5) is 11.9. The Morgan fingerprint density at radius 2 is 2.35 bits per heavy atom. The van der Waals surface area contributed by atoms with Crippen molar-refractivity contribution in [3.63, 3.8) is 0 Å². The Kier molecular flexibility index (Phi) is 4.27. The minimum absolute atomic E-state index is 0.0162. The van der Waals surface area contributed by atoms with E-state index >= 15 is 0 Å². The van der Waals surface area contributed by atoms with Crippen molar-refractivity contribution in [2.75, 3.05) is 11.9 Å². The number of carbonyl (C=O) groups excluding carboxylic acids is 1. The van der Waals surface area contributed by atoms with Gasteiger partial charge in [0.25, 0.3) is 0 Å². The fourth-order valence-corrected chi connectivity index (χ4v) is 2.73. The maximum atomic E-state index is 11.9. The van der Waals surface area contributed by atoms with Crippen molar-refractivity contribution in [3.8, 4) is 0 Å². The molecule has 0 saturated carbocycles. The average molecular weight is 366 g/mol. The molecule has 0 aromatic heterocycles. The van der Waals surface area contributed by atoms with Crippen LogP contribution < -0.4 is 5.32 Å². The van der Waals surface area contributed by atoms with Crippen molar-refractivity contribution in [1.29, 1.82) is 0 Å². The molecule has 1 saturated heterocycles. The van der Waals surface area contributed by atoms with Gasteiger partial charge in [-0.2, -0.15) is 0 Å². The standard InChI is InChI=1S/C12H13ClINO2/c1-7-4-8(6-17-7)12(16)15-11-3-2-9(14)5-10(11)13/h2-3,5,7-8H,4,6H2,1H3,(H,15,16). The Morgan fingerprint density at radius 1 is 1.59 bits per heavy atom. The summed E-state index contributed by atoms with van der Waals surface area (Å²) in [6.07, 6.45) is 0.936. The molecule has 0 radical (unpaired) electrons. The summed E-state index contributed by atoms with van der Waals surface area (Å²) in [5, 5.41) is 3.41. The van der Waals surface area contributed by atoms with E-state index in [2.05, 4.69) is 27.9 Å². The fraction of sp³-hybridized carbons (Fsp3) is 0.417. The Labute approximate surface area is 119 Å². The molecule has 0 aliphatic carbocycles. The molecular formula is C12H13ClINO2. The zero-order chi connectivity index (χ0) is 12.4. The van der Waals surface area contributed by atoms with E-state index in [0.29, 0.717) is 17.3 Å². The second-order valence-electron chi connectivity index (χ2n) is 4.19. The molecule has 0 bridgehead atoms. The number of nitrogens with one attached hydrogen (secondary N) is 1. The van der Waals surface area contributed by atoms with E-state index in [0.717, 1.165) is 9.99 Å². The molecule has 1 aliphatic heterocycles. The minimum Gasteiger partial charge on any atom is -0.378 e. The normalized spacial score (nSPS) is 23.7. The van der Waals surface area contributed by atoms with Gasteiger partial charge in [-0.25, -0.2) is 0 Å². The van der Waals surface area contributed by atoms with Crippen LogP contribution >= 0.6 is 34.2 Å². The monoisotopic (exact) mass is 365 g/mol. The van der Waals surface area contributed by atoms with Gasteiger partial charge in [0.1, 0.15) is 0 Å².